The zero-order chi connectivity index (χ0) is 11.6. The molecule has 0 saturated heterocycles. The third-order valence-corrected chi connectivity index (χ3v) is 1.77. The number of anilines is 1. The molecule has 6 heteroatoms. The van der Waals surface area contributed by atoms with Gasteiger partial charge in [-0.05, 0) is 6.92 Å². The molecule has 0 spiro atoms. The molecule has 1 heterocycles. The van der Waals surface area contributed by atoms with Gasteiger partial charge in [0.05, 0.1) is 6.10 Å². The predicted molar refractivity (Wildman–Crippen MR) is 49.1 cm³/mol. The molecule has 0 aliphatic heterocycles. The molecule has 1 unspecified atom stereocenters. The van der Waals surface area contributed by atoms with Crippen LogP contribution in [-0.4, -0.2) is 29.8 Å². The molecule has 0 aliphatic rings. The molecule has 1 atom stereocenters. The Morgan fingerprint density at radius 2 is 2.00 bits per heavy atom. The summed E-state index contributed by atoms with van der Waals surface area (Å²) < 4.78 is 38.4. The molecule has 84 valence electrons. The number of hydrogen-bond donors (Lipinski definition) is 1. The first kappa shape index (κ1) is 11.8. The van der Waals surface area contributed by atoms with Crippen LogP contribution in [0.2, 0.25) is 0 Å². The molecular formula is C9H11F3N2O. The summed E-state index contributed by atoms with van der Waals surface area (Å²) in [5, 5.41) is 9.04. The molecule has 0 fully saturated rings. The zero-order valence-corrected chi connectivity index (χ0v) is 8.34. The first-order valence-corrected chi connectivity index (χ1v) is 4.32. The fraction of sp³-hybridized carbons (Fsp3) is 0.444. The topological polar surface area (TPSA) is 36.4 Å². The van der Waals surface area contributed by atoms with Crippen LogP contribution in [0.15, 0.2) is 6.07 Å². The molecule has 0 aliphatic carbocycles. The third-order valence-electron chi connectivity index (χ3n) is 1.77. The highest BCUT2D eigenvalue weighted by atomic mass is 19.2. The SMILES string of the molecule is CC(O)CN(C)c1nc(F)c(F)cc1F. The molecule has 0 amide bonds. The van der Waals surface area contributed by atoms with Gasteiger partial charge < -0.3 is 10.0 Å². The lowest BCUT2D eigenvalue weighted by Gasteiger charge is -2.20. The summed E-state index contributed by atoms with van der Waals surface area (Å²) in [6.07, 6.45) is -0.718. The van der Waals surface area contributed by atoms with Crippen molar-refractivity contribution < 1.29 is 18.3 Å². The van der Waals surface area contributed by atoms with Crippen molar-refractivity contribution in [3.8, 4) is 0 Å². The van der Waals surface area contributed by atoms with Crippen molar-refractivity contribution in [1.82, 2.24) is 4.98 Å². The van der Waals surface area contributed by atoms with E-state index < -0.39 is 23.7 Å². The van der Waals surface area contributed by atoms with E-state index in [9.17, 15) is 13.2 Å². The summed E-state index contributed by atoms with van der Waals surface area (Å²) in [4.78, 5) is 4.33. The van der Waals surface area contributed by atoms with Crippen LogP contribution in [0.4, 0.5) is 19.0 Å². The van der Waals surface area contributed by atoms with E-state index in [2.05, 4.69) is 4.98 Å². The number of rotatable bonds is 3. The molecule has 1 N–H and O–H groups in total. The second kappa shape index (κ2) is 4.48. The van der Waals surface area contributed by atoms with Gasteiger partial charge in [0.2, 0.25) is 0 Å². The summed E-state index contributed by atoms with van der Waals surface area (Å²) in [5.41, 5.74) is 0. The Morgan fingerprint density at radius 3 is 2.53 bits per heavy atom. The van der Waals surface area contributed by atoms with Gasteiger partial charge in [-0.2, -0.15) is 9.37 Å². The fourth-order valence-corrected chi connectivity index (χ4v) is 1.19. The molecule has 0 saturated carbocycles. The molecule has 0 bridgehead atoms. The molecule has 0 radical (unpaired) electrons. The predicted octanol–water partition coefficient (Wildman–Crippen LogP) is 1.32. The van der Waals surface area contributed by atoms with Crippen LogP contribution < -0.4 is 4.90 Å². The van der Waals surface area contributed by atoms with Gasteiger partial charge in [-0.1, -0.05) is 0 Å². The average Bonchev–Trinajstić information content (AvgIpc) is 2.09. The number of aliphatic hydroxyl groups is 1. The third kappa shape index (κ3) is 2.82. The maximum absolute atomic E-state index is 13.1. The summed E-state index contributed by atoms with van der Waals surface area (Å²) >= 11 is 0. The minimum atomic E-state index is -1.36. The lowest BCUT2D eigenvalue weighted by atomic mass is 10.3. The summed E-state index contributed by atoms with van der Waals surface area (Å²) in [6.45, 7) is 1.57. The van der Waals surface area contributed by atoms with Crippen LogP contribution in [-0.2, 0) is 0 Å². The van der Waals surface area contributed by atoms with Crippen molar-refractivity contribution in [2.75, 3.05) is 18.5 Å². The summed E-state index contributed by atoms with van der Waals surface area (Å²) in [6, 6.07) is 0.427. The van der Waals surface area contributed by atoms with E-state index in [1.165, 1.54) is 18.9 Å². The average molecular weight is 220 g/mol. The van der Waals surface area contributed by atoms with E-state index in [-0.39, 0.29) is 12.4 Å². The van der Waals surface area contributed by atoms with Crippen molar-refractivity contribution >= 4 is 5.82 Å². The molecule has 1 rings (SSSR count). The second-order valence-electron chi connectivity index (χ2n) is 3.30. The zero-order valence-electron chi connectivity index (χ0n) is 8.34. The molecular weight excluding hydrogens is 209 g/mol. The Hall–Kier alpha value is -1.30. The standard InChI is InChI=1S/C9H11F3N2O/c1-5(15)4-14(2)9-7(11)3-6(10)8(12)13-9/h3,5,15H,4H2,1-2H3. The highest BCUT2D eigenvalue weighted by molar-refractivity contribution is 5.39. The van der Waals surface area contributed by atoms with Gasteiger partial charge >= 0.3 is 0 Å². The number of aromatic nitrogens is 1. The number of likely N-dealkylation sites (N-methyl/N-ethyl adjacent to an activating group) is 1. The van der Waals surface area contributed by atoms with E-state index in [1.54, 1.807) is 0 Å². The van der Waals surface area contributed by atoms with Crippen molar-refractivity contribution in [3.05, 3.63) is 23.6 Å². The van der Waals surface area contributed by atoms with Crippen molar-refractivity contribution in [2.45, 2.75) is 13.0 Å². The van der Waals surface area contributed by atoms with Gasteiger partial charge in [-0.15, -0.1) is 0 Å². The van der Waals surface area contributed by atoms with Crippen LogP contribution in [0.3, 0.4) is 0 Å². The quantitative estimate of drug-likeness (QED) is 0.780. The highest BCUT2D eigenvalue weighted by Gasteiger charge is 2.15. The Kier molecular flexibility index (Phi) is 3.52. The smallest absolute Gasteiger partial charge is 0.251 e. The Labute approximate surface area is 85.2 Å². The Morgan fingerprint density at radius 1 is 1.40 bits per heavy atom. The number of hydrogen-bond acceptors (Lipinski definition) is 3. The maximum Gasteiger partial charge on any atom is 0.251 e. The van der Waals surface area contributed by atoms with Crippen molar-refractivity contribution in [1.29, 1.82) is 0 Å². The fourth-order valence-electron chi connectivity index (χ4n) is 1.19. The molecule has 3 nitrogen and oxygen atoms in total. The van der Waals surface area contributed by atoms with E-state index >= 15 is 0 Å². The normalized spacial score (nSPS) is 12.7. The van der Waals surface area contributed by atoms with E-state index in [4.69, 9.17) is 5.11 Å². The van der Waals surface area contributed by atoms with Crippen LogP contribution in [0.25, 0.3) is 0 Å². The number of pyridine rings is 1. The van der Waals surface area contributed by atoms with Crippen LogP contribution >= 0.6 is 0 Å². The number of aliphatic hydroxyl groups excluding tert-OH is 1. The Balaban J connectivity index is 2.98. The molecule has 1 aromatic heterocycles. The largest absolute Gasteiger partial charge is 0.392 e. The number of halogens is 3. The van der Waals surface area contributed by atoms with Crippen molar-refractivity contribution in [2.24, 2.45) is 0 Å². The maximum atomic E-state index is 13.1. The summed E-state index contributed by atoms with van der Waals surface area (Å²) in [5.74, 6) is -3.97. The highest BCUT2D eigenvalue weighted by Crippen LogP contribution is 2.17. The monoisotopic (exact) mass is 220 g/mol. The van der Waals surface area contributed by atoms with Gasteiger partial charge in [0, 0.05) is 19.7 Å². The summed E-state index contributed by atoms with van der Waals surface area (Å²) in [7, 11) is 1.43. The van der Waals surface area contributed by atoms with Crippen LogP contribution in [0, 0.1) is 17.6 Å². The van der Waals surface area contributed by atoms with E-state index in [0.717, 1.165) is 0 Å². The first-order chi connectivity index (χ1) is 6.91. The molecule has 0 aromatic carbocycles. The van der Waals surface area contributed by atoms with Gasteiger partial charge in [-0.25, -0.2) is 8.78 Å². The van der Waals surface area contributed by atoms with Gasteiger partial charge in [0.1, 0.15) is 0 Å². The molecule has 1 aromatic rings. The van der Waals surface area contributed by atoms with Gasteiger partial charge in [0.25, 0.3) is 5.95 Å². The van der Waals surface area contributed by atoms with Crippen LogP contribution in [0.5, 0.6) is 0 Å². The minimum Gasteiger partial charge on any atom is -0.392 e. The minimum absolute atomic E-state index is 0.0784. The number of nitrogens with zero attached hydrogens (tertiary/aromatic N) is 2. The lowest BCUT2D eigenvalue weighted by molar-refractivity contribution is 0.201. The Bertz CT molecular complexity index is 357. The van der Waals surface area contributed by atoms with Crippen LogP contribution in [0.1, 0.15) is 6.92 Å². The lowest BCUT2D eigenvalue weighted by Crippen LogP contribution is -2.28. The van der Waals surface area contributed by atoms with Gasteiger partial charge in [-0.3, -0.25) is 0 Å². The van der Waals surface area contributed by atoms with E-state index in [0.29, 0.717) is 6.07 Å². The first-order valence-electron chi connectivity index (χ1n) is 4.32. The molecule has 15 heavy (non-hydrogen) atoms. The van der Waals surface area contributed by atoms with Crippen molar-refractivity contribution in [3.63, 3.8) is 0 Å². The second-order valence-corrected chi connectivity index (χ2v) is 3.30. The van der Waals surface area contributed by atoms with E-state index in [1.807, 2.05) is 0 Å². The van der Waals surface area contributed by atoms with Gasteiger partial charge in [0.15, 0.2) is 17.5 Å².